The quantitative estimate of drug-likeness (QED) is 0.456. The van der Waals surface area contributed by atoms with Gasteiger partial charge in [0.1, 0.15) is 5.82 Å². The van der Waals surface area contributed by atoms with Crippen LogP contribution >= 0.6 is 0 Å². The van der Waals surface area contributed by atoms with Gasteiger partial charge in [-0.05, 0) is 48.5 Å². The van der Waals surface area contributed by atoms with Gasteiger partial charge in [0, 0.05) is 16.8 Å². The lowest BCUT2D eigenvalue weighted by Crippen LogP contribution is -2.29. The molecule has 3 aromatic carbocycles. The molecule has 1 N–H and O–H groups in total. The van der Waals surface area contributed by atoms with Gasteiger partial charge in [0.2, 0.25) is 10.0 Å². The smallest absolute Gasteiger partial charge is 0.337 e. The van der Waals surface area contributed by atoms with E-state index in [1.54, 1.807) is 6.07 Å². The van der Waals surface area contributed by atoms with E-state index in [0.29, 0.717) is 0 Å². The number of anilines is 2. The fourth-order valence-electron chi connectivity index (χ4n) is 3.33. The Morgan fingerprint density at radius 1 is 0.861 bits per heavy atom. The van der Waals surface area contributed by atoms with Crippen LogP contribution in [0.4, 0.5) is 15.8 Å². The van der Waals surface area contributed by atoms with E-state index in [1.807, 2.05) is 0 Å². The number of nitrogens with zero attached hydrogens (tertiary/aromatic N) is 1. The van der Waals surface area contributed by atoms with Gasteiger partial charge in [0.25, 0.3) is 5.91 Å². The molecule has 0 aliphatic carbocycles. The molecule has 0 heterocycles. The molecule has 36 heavy (non-hydrogen) atoms. The summed E-state index contributed by atoms with van der Waals surface area (Å²) < 4.78 is 49.2. The lowest BCUT2D eigenvalue weighted by molar-refractivity contribution is 0.0598. The molecule has 188 valence electrons. The summed E-state index contributed by atoms with van der Waals surface area (Å²) >= 11 is 0. The average molecular weight is 515 g/mol. The summed E-state index contributed by atoms with van der Waals surface area (Å²) in [5, 5.41) is 2.59. The second-order valence-corrected chi connectivity index (χ2v) is 9.55. The van der Waals surface area contributed by atoms with E-state index in [2.05, 4.69) is 14.8 Å². The Labute approximate surface area is 207 Å². The van der Waals surface area contributed by atoms with Crippen molar-refractivity contribution < 1.29 is 36.7 Å². The molecular weight excluding hydrogens is 491 g/mol. The molecule has 0 bridgehead atoms. The predicted molar refractivity (Wildman–Crippen MR) is 131 cm³/mol. The van der Waals surface area contributed by atoms with Crippen LogP contribution in [0.15, 0.2) is 66.7 Å². The lowest BCUT2D eigenvalue weighted by Gasteiger charge is -2.23. The van der Waals surface area contributed by atoms with Crippen molar-refractivity contribution in [1.82, 2.24) is 0 Å². The molecule has 0 atom stereocenters. The molecule has 3 rings (SSSR count). The summed E-state index contributed by atoms with van der Waals surface area (Å²) in [7, 11) is -1.41. The highest BCUT2D eigenvalue weighted by atomic mass is 32.2. The van der Waals surface area contributed by atoms with Crippen LogP contribution in [0.1, 0.15) is 36.6 Å². The number of halogens is 1. The zero-order valence-electron chi connectivity index (χ0n) is 19.6. The highest BCUT2D eigenvalue weighted by molar-refractivity contribution is 7.92. The van der Waals surface area contributed by atoms with Crippen molar-refractivity contribution >= 4 is 39.2 Å². The predicted octanol–water partition coefficient (Wildman–Crippen LogP) is 3.62. The maximum absolute atomic E-state index is 14.1. The molecule has 0 saturated heterocycles. The second-order valence-electron chi connectivity index (χ2n) is 7.64. The fraction of sp³-hybridized carbons (Fsp3) is 0.160. The number of benzene rings is 3. The number of hydrogen-bond donors (Lipinski definition) is 1. The average Bonchev–Trinajstić information content (AvgIpc) is 2.86. The van der Waals surface area contributed by atoms with Crippen molar-refractivity contribution in [3.05, 3.63) is 94.8 Å². The third-order valence-electron chi connectivity index (χ3n) is 5.12. The van der Waals surface area contributed by atoms with Crippen LogP contribution in [0, 0.1) is 5.82 Å². The number of carbonyl (C=O) groups is 3. The van der Waals surface area contributed by atoms with Crippen LogP contribution in [0.5, 0.6) is 0 Å². The van der Waals surface area contributed by atoms with Crippen LogP contribution in [-0.2, 0) is 26.0 Å². The maximum Gasteiger partial charge on any atom is 0.337 e. The summed E-state index contributed by atoms with van der Waals surface area (Å²) in [5.41, 5.74) is 0.798. The molecule has 0 radical (unpaired) electrons. The third-order valence-corrected chi connectivity index (χ3v) is 6.26. The van der Waals surface area contributed by atoms with Crippen molar-refractivity contribution in [2.24, 2.45) is 0 Å². The molecule has 0 spiro atoms. The third kappa shape index (κ3) is 6.25. The van der Waals surface area contributed by atoms with Crippen molar-refractivity contribution in [2.75, 3.05) is 30.1 Å². The zero-order valence-corrected chi connectivity index (χ0v) is 20.5. The molecule has 3 aromatic rings. The highest BCUT2D eigenvalue weighted by Gasteiger charge is 2.20. The Balaban J connectivity index is 1.86. The first-order chi connectivity index (χ1) is 17.0. The number of hydrogen-bond acceptors (Lipinski definition) is 7. The molecular formula is C25H23FN2O7S. The molecule has 0 unspecified atom stereocenters. The first kappa shape index (κ1) is 26.4. The second kappa shape index (κ2) is 11.0. The van der Waals surface area contributed by atoms with E-state index in [1.165, 1.54) is 74.9 Å². The number of methoxy groups -OCH3 is 2. The van der Waals surface area contributed by atoms with E-state index in [0.717, 1.165) is 10.6 Å². The number of amides is 1. The van der Waals surface area contributed by atoms with E-state index >= 15 is 0 Å². The SMILES string of the molecule is COC(=O)c1cc(NC(=O)c2ccc(N(Cc3ccccc3F)S(C)(=O)=O)cc2)cc(C(=O)OC)c1. The van der Waals surface area contributed by atoms with Gasteiger partial charge in [0.05, 0.1) is 43.8 Å². The summed E-state index contributed by atoms with van der Waals surface area (Å²) in [4.78, 5) is 36.7. The number of sulfonamides is 1. The van der Waals surface area contributed by atoms with Gasteiger partial charge in [-0.3, -0.25) is 9.10 Å². The summed E-state index contributed by atoms with van der Waals surface area (Å²) in [6.07, 6.45) is 1.00. The van der Waals surface area contributed by atoms with Gasteiger partial charge in [-0.2, -0.15) is 0 Å². The number of nitrogens with one attached hydrogen (secondary N) is 1. The lowest BCUT2D eigenvalue weighted by atomic mass is 10.1. The van der Waals surface area contributed by atoms with E-state index in [4.69, 9.17) is 0 Å². The number of carbonyl (C=O) groups excluding carboxylic acids is 3. The molecule has 0 aromatic heterocycles. The van der Waals surface area contributed by atoms with Gasteiger partial charge in [-0.1, -0.05) is 18.2 Å². The van der Waals surface area contributed by atoms with Crippen molar-refractivity contribution in [1.29, 1.82) is 0 Å². The number of ether oxygens (including phenoxy) is 2. The van der Waals surface area contributed by atoms with Crippen LogP contribution in [0.3, 0.4) is 0 Å². The van der Waals surface area contributed by atoms with Crippen LogP contribution in [0.2, 0.25) is 0 Å². The van der Waals surface area contributed by atoms with Gasteiger partial charge >= 0.3 is 11.9 Å². The Bertz CT molecular complexity index is 1370. The molecule has 0 fully saturated rings. The Kier molecular flexibility index (Phi) is 8.05. The molecule has 9 nitrogen and oxygen atoms in total. The minimum atomic E-state index is -3.77. The van der Waals surface area contributed by atoms with Gasteiger partial charge in [0.15, 0.2) is 0 Å². The van der Waals surface area contributed by atoms with Gasteiger partial charge in [-0.25, -0.2) is 22.4 Å². The van der Waals surface area contributed by atoms with Crippen LogP contribution in [-0.4, -0.2) is 46.7 Å². The topological polar surface area (TPSA) is 119 Å². The maximum atomic E-state index is 14.1. The standard InChI is InChI=1S/C25H23FN2O7S/c1-34-24(30)18-12-19(25(31)35-2)14-20(13-18)27-23(29)16-8-10-21(11-9-16)28(36(3,32)33)15-17-6-4-5-7-22(17)26/h4-14H,15H2,1-3H3,(H,27,29). The number of rotatable bonds is 8. The van der Waals surface area contributed by atoms with Gasteiger partial charge < -0.3 is 14.8 Å². The Hall–Kier alpha value is -4.25. The largest absolute Gasteiger partial charge is 0.465 e. The summed E-state index contributed by atoms with van der Waals surface area (Å²) in [6, 6.07) is 15.4. The monoisotopic (exact) mass is 514 g/mol. The molecule has 1 amide bonds. The fourth-order valence-corrected chi connectivity index (χ4v) is 4.21. The van der Waals surface area contributed by atoms with Crippen molar-refractivity contribution in [2.45, 2.75) is 6.54 Å². The summed E-state index contributed by atoms with van der Waals surface area (Å²) in [6.45, 7) is -0.228. The zero-order chi connectivity index (χ0) is 26.5. The first-order valence-corrected chi connectivity index (χ1v) is 12.3. The van der Waals surface area contributed by atoms with Gasteiger partial charge in [-0.15, -0.1) is 0 Å². The van der Waals surface area contributed by atoms with E-state index < -0.39 is 33.7 Å². The molecule has 0 saturated carbocycles. The van der Waals surface area contributed by atoms with Crippen molar-refractivity contribution in [3.63, 3.8) is 0 Å². The Morgan fingerprint density at radius 2 is 1.42 bits per heavy atom. The van der Waals surface area contributed by atoms with Crippen LogP contribution in [0.25, 0.3) is 0 Å². The first-order valence-electron chi connectivity index (χ1n) is 10.5. The Morgan fingerprint density at radius 3 is 1.92 bits per heavy atom. The van der Waals surface area contributed by atoms with E-state index in [-0.39, 0.29) is 40.2 Å². The van der Waals surface area contributed by atoms with E-state index in [9.17, 15) is 27.2 Å². The number of esters is 2. The molecule has 0 aliphatic heterocycles. The molecule has 0 aliphatic rings. The normalized spacial score (nSPS) is 10.9. The molecule has 11 heteroatoms. The highest BCUT2D eigenvalue weighted by Crippen LogP contribution is 2.23. The minimum absolute atomic E-state index is 0.0305. The minimum Gasteiger partial charge on any atom is -0.465 e. The van der Waals surface area contributed by atoms with Crippen LogP contribution < -0.4 is 9.62 Å². The van der Waals surface area contributed by atoms with Crippen molar-refractivity contribution in [3.8, 4) is 0 Å². The summed E-state index contributed by atoms with van der Waals surface area (Å²) in [5.74, 6) is -2.55.